The number of hydrogen-bond donors (Lipinski definition) is 1. The van der Waals surface area contributed by atoms with Crippen molar-refractivity contribution in [1.29, 1.82) is 0 Å². The minimum atomic E-state index is -0.521. The summed E-state index contributed by atoms with van der Waals surface area (Å²) < 4.78 is 10.7. The molecule has 1 amide bonds. The van der Waals surface area contributed by atoms with Crippen LogP contribution in [0.4, 0.5) is 4.79 Å². The van der Waals surface area contributed by atoms with E-state index in [0.717, 1.165) is 5.56 Å². The van der Waals surface area contributed by atoms with E-state index in [9.17, 15) is 4.79 Å². The Kier molecular flexibility index (Phi) is 6.25. The quantitative estimate of drug-likeness (QED) is 0.640. The molecule has 0 spiro atoms. The standard InChI is InChI=1S/C16H23NO3/c1-5-11-19-12-14(13-9-7-6-8-10-13)17-15(18)20-16(2,3)4/h5-10,14H,1,11-12H2,2-4H3,(H,17,18)/t14-/m0/s1. The Hall–Kier alpha value is -1.81. The first-order valence-corrected chi connectivity index (χ1v) is 6.65. The van der Waals surface area contributed by atoms with Gasteiger partial charge in [-0.3, -0.25) is 0 Å². The van der Waals surface area contributed by atoms with E-state index in [0.29, 0.717) is 13.2 Å². The number of nitrogens with one attached hydrogen (secondary N) is 1. The Balaban J connectivity index is 2.68. The predicted molar refractivity (Wildman–Crippen MR) is 79.6 cm³/mol. The molecule has 0 aliphatic heterocycles. The van der Waals surface area contributed by atoms with Crippen molar-refractivity contribution in [2.24, 2.45) is 0 Å². The Morgan fingerprint density at radius 3 is 2.55 bits per heavy atom. The van der Waals surface area contributed by atoms with E-state index in [1.807, 2.05) is 51.1 Å². The van der Waals surface area contributed by atoms with Crippen molar-refractivity contribution in [1.82, 2.24) is 5.32 Å². The first-order valence-electron chi connectivity index (χ1n) is 6.65. The van der Waals surface area contributed by atoms with Gasteiger partial charge in [0.25, 0.3) is 0 Å². The fraction of sp³-hybridized carbons (Fsp3) is 0.438. The second-order valence-corrected chi connectivity index (χ2v) is 5.44. The lowest BCUT2D eigenvalue weighted by molar-refractivity contribution is 0.0455. The van der Waals surface area contributed by atoms with Crippen LogP contribution < -0.4 is 5.32 Å². The maximum atomic E-state index is 11.9. The Morgan fingerprint density at radius 2 is 2.00 bits per heavy atom. The van der Waals surface area contributed by atoms with E-state index in [1.54, 1.807) is 6.08 Å². The lowest BCUT2D eigenvalue weighted by Crippen LogP contribution is -2.36. The fourth-order valence-electron chi connectivity index (χ4n) is 1.63. The van der Waals surface area contributed by atoms with Gasteiger partial charge in [-0.25, -0.2) is 4.79 Å². The SMILES string of the molecule is C=CCOC[C@H](NC(=O)OC(C)(C)C)c1ccccc1. The van der Waals surface area contributed by atoms with Gasteiger partial charge in [-0.15, -0.1) is 6.58 Å². The van der Waals surface area contributed by atoms with Crippen molar-refractivity contribution in [2.75, 3.05) is 13.2 Å². The first kappa shape index (κ1) is 16.2. The van der Waals surface area contributed by atoms with Gasteiger partial charge in [-0.05, 0) is 26.3 Å². The number of alkyl carbamates (subject to hydrolysis) is 1. The van der Waals surface area contributed by atoms with Crippen LogP contribution in [0, 0.1) is 0 Å². The Morgan fingerprint density at radius 1 is 1.35 bits per heavy atom. The zero-order valence-electron chi connectivity index (χ0n) is 12.4. The lowest BCUT2D eigenvalue weighted by atomic mass is 10.1. The molecule has 0 unspecified atom stereocenters. The number of ether oxygens (including phenoxy) is 2. The predicted octanol–water partition coefficient (Wildman–Crippen LogP) is 3.46. The summed E-state index contributed by atoms with van der Waals surface area (Å²) in [6.07, 6.45) is 1.23. The molecule has 0 aliphatic rings. The first-order chi connectivity index (χ1) is 9.42. The molecule has 0 saturated heterocycles. The largest absolute Gasteiger partial charge is 0.444 e. The van der Waals surface area contributed by atoms with Crippen LogP contribution >= 0.6 is 0 Å². The van der Waals surface area contributed by atoms with E-state index >= 15 is 0 Å². The highest BCUT2D eigenvalue weighted by molar-refractivity contribution is 5.68. The topological polar surface area (TPSA) is 47.6 Å². The summed E-state index contributed by atoms with van der Waals surface area (Å²) in [6, 6.07) is 9.42. The van der Waals surface area contributed by atoms with Crippen molar-refractivity contribution in [3.8, 4) is 0 Å². The smallest absolute Gasteiger partial charge is 0.408 e. The molecule has 4 nitrogen and oxygen atoms in total. The van der Waals surface area contributed by atoms with Gasteiger partial charge >= 0.3 is 6.09 Å². The van der Waals surface area contributed by atoms with Gasteiger partial charge in [0, 0.05) is 0 Å². The van der Waals surface area contributed by atoms with Crippen LogP contribution in [0.2, 0.25) is 0 Å². The van der Waals surface area contributed by atoms with Crippen LogP contribution in [0.15, 0.2) is 43.0 Å². The summed E-state index contributed by atoms with van der Waals surface area (Å²) in [5.41, 5.74) is 0.454. The monoisotopic (exact) mass is 277 g/mol. The van der Waals surface area contributed by atoms with Crippen LogP contribution in [-0.2, 0) is 9.47 Å². The molecule has 0 saturated carbocycles. The van der Waals surface area contributed by atoms with Crippen LogP contribution in [0.5, 0.6) is 0 Å². The highest BCUT2D eigenvalue weighted by atomic mass is 16.6. The van der Waals surface area contributed by atoms with Crippen molar-refractivity contribution >= 4 is 6.09 Å². The van der Waals surface area contributed by atoms with E-state index < -0.39 is 11.7 Å². The third-order valence-corrected chi connectivity index (χ3v) is 2.41. The minimum absolute atomic E-state index is 0.244. The van der Waals surface area contributed by atoms with Gasteiger partial charge in [0.2, 0.25) is 0 Å². The summed E-state index contributed by atoms with van der Waals surface area (Å²) in [7, 11) is 0. The van der Waals surface area contributed by atoms with Crippen molar-refractivity contribution in [3.05, 3.63) is 48.6 Å². The lowest BCUT2D eigenvalue weighted by Gasteiger charge is -2.23. The van der Waals surface area contributed by atoms with Crippen LogP contribution in [0.3, 0.4) is 0 Å². The molecular weight excluding hydrogens is 254 g/mol. The normalized spacial score (nSPS) is 12.6. The summed E-state index contributed by atoms with van der Waals surface area (Å²) in [4.78, 5) is 11.9. The number of carbonyl (C=O) groups is 1. The third-order valence-electron chi connectivity index (χ3n) is 2.41. The molecule has 0 heterocycles. The molecule has 1 N–H and O–H groups in total. The van der Waals surface area contributed by atoms with Crippen LogP contribution in [0.1, 0.15) is 32.4 Å². The Labute approximate surface area is 120 Å². The molecule has 0 radical (unpaired) electrons. The molecule has 0 aliphatic carbocycles. The van der Waals surface area contributed by atoms with Gasteiger partial charge in [0.05, 0.1) is 19.3 Å². The average molecular weight is 277 g/mol. The van der Waals surface area contributed by atoms with Gasteiger partial charge in [0.1, 0.15) is 5.60 Å². The molecule has 1 aromatic rings. The highest BCUT2D eigenvalue weighted by Crippen LogP contribution is 2.15. The van der Waals surface area contributed by atoms with Crippen molar-refractivity contribution < 1.29 is 14.3 Å². The van der Waals surface area contributed by atoms with Crippen molar-refractivity contribution in [2.45, 2.75) is 32.4 Å². The Bertz CT molecular complexity index is 423. The van der Waals surface area contributed by atoms with Gasteiger partial charge in [0.15, 0.2) is 0 Å². The van der Waals surface area contributed by atoms with Crippen LogP contribution in [-0.4, -0.2) is 24.9 Å². The molecular formula is C16H23NO3. The summed E-state index contributed by atoms with van der Waals surface area (Å²) in [5, 5.41) is 2.83. The average Bonchev–Trinajstić information content (AvgIpc) is 2.37. The molecule has 20 heavy (non-hydrogen) atoms. The number of amides is 1. The van der Waals surface area contributed by atoms with E-state index in [1.165, 1.54) is 0 Å². The van der Waals surface area contributed by atoms with E-state index in [4.69, 9.17) is 9.47 Å². The van der Waals surface area contributed by atoms with E-state index in [-0.39, 0.29) is 6.04 Å². The number of carbonyl (C=O) groups excluding carboxylic acids is 1. The second-order valence-electron chi connectivity index (χ2n) is 5.44. The maximum absolute atomic E-state index is 11.9. The van der Waals surface area contributed by atoms with Gasteiger partial charge < -0.3 is 14.8 Å². The summed E-state index contributed by atoms with van der Waals surface area (Å²) >= 11 is 0. The molecule has 1 rings (SSSR count). The molecule has 4 heteroatoms. The molecule has 1 atom stereocenters. The van der Waals surface area contributed by atoms with Gasteiger partial charge in [-0.1, -0.05) is 36.4 Å². The molecule has 0 aromatic heterocycles. The number of benzene rings is 1. The minimum Gasteiger partial charge on any atom is -0.444 e. The highest BCUT2D eigenvalue weighted by Gasteiger charge is 2.20. The van der Waals surface area contributed by atoms with Crippen molar-refractivity contribution in [3.63, 3.8) is 0 Å². The molecule has 1 aromatic carbocycles. The fourth-order valence-corrected chi connectivity index (χ4v) is 1.63. The summed E-state index contributed by atoms with van der Waals surface area (Å²) in [5.74, 6) is 0. The number of hydrogen-bond acceptors (Lipinski definition) is 3. The van der Waals surface area contributed by atoms with Crippen LogP contribution in [0.25, 0.3) is 0 Å². The molecule has 110 valence electrons. The molecule has 0 fully saturated rings. The zero-order valence-corrected chi connectivity index (χ0v) is 12.4. The summed E-state index contributed by atoms with van der Waals surface area (Å²) in [6.45, 7) is 9.91. The second kappa shape index (κ2) is 7.70. The third kappa shape index (κ3) is 6.38. The zero-order chi connectivity index (χ0) is 15.0. The van der Waals surface area contributed by atoms with E-state index in [2.05, 4.69) is 11.9 Å². The molecule has 0 bridgehead atoms. The number of rotatable bonds is 6. The maximum Gasteiger partial charge on any atom is 0.408 e. The van der Waals surface area contributed by atoms with Gasteiger partial charge in [-0.2, -0.15) is 0 Å².